The molecule has 0 radical (unpaired) electrons. The van der Waals surface area contributed by atoms with Gasteiger partial charge in [0.25, 0.3) is 0 Å². The van der Waals surface area contributed by atoms with Gasteiger partial charge in [-0.3, -0.25) is 4.79 Å². The lowest BCUT2D eigenvalue weighted by Crippen LogP contribution is -2.29. The zero-order valence-electron chi connectivity index (χ0n) is 21.9. The lowest BCUT2D eigenvalue weighted by atomic mass is 9.68. The Bertz CT molecular complexity index is 1310. The fourth-order valence-electron chi connectivity index (χ4n) is 5.06. The molecule has 0 N–H and O–H groups in total. The highest BCUT2D eigenvalue weighted by Crippen LogP contribution is 2.42. The number of rotatable bonds is 4. The summed E-state index contributed by atoms with van der Waals surface area (Å²) in [5.41, 5.74) is 8.85. The molecule has 0 amide bonds. The zero-order valence-corrected chi connectivity index (χ0v) is 21.9. The molecule has 0 spiro atoms. The molecule has 1 nitrogen and oxygen atoms in total. The van der Waals surface area contributed by atoms with E-state index in [0.29, 0.717) is 5.92 Å². The summed E-state index contributed by atoms with van der Waals surface area (Å²) in [5, 5.41) is 0. The van der Waals surface area contributed by atoms with Crippen LogP contribution in [0.1, 0.15) is 44.7 Å². The first-order valence-electron chi connectivity index (χ1n) is 13.1. The highest BCUT2D eigenvalue weighted by atomic mass is 16.1. The molecule has 5 rings (SSSR count). The molecule has 4 aromatic carbocycles. The van der Waals surface area contributed by atoms with E-state index in [0.717, 1.165) is 35.1 Å². The van der Waals surface area contributed by atoms with Crippen molar-refractivity contribution in [2.45, 2.75) is 33.6 Å². The predicted octanol–water partition coefficient (Wildman–Crippen LogP) is 9.51. The van der Waals surface area contributed by atoms with Gasteiger partial charge in [-0.1, -0.05) is 130 Å². The smallest absolute Gasteiger partial charge is 0.185 e. The average Bonchev–Trinajstić information content (AvgIpc) is 2.92. The molecule has 0 aromatic heterocycles. The van der Waals surface area contributed by atoms with Crippen LogP contribution in [0.3, 0.4) is 0 Å². The molecule has 1 aliphatic carbocycles. The highest BCUT2D eigenvalue weighted by molar-refractivity contribution is 6.14. The van der Waals surface area contributed by atoms with Gasteiger partial charge in [0, 0.05) is 11.1 Å². The summed E-state index contributed by atoms with van der Waals surface area (Å²) in [6, 6.07) is 37.8. The minimum absolute atomic E-state index is 0.118. The van der Waals surface area contributed by atoms with Gasteiger partial charge in [0.1, 0.15) is 0 Å². The molecule has 1 fully saturated rings. The van der Waals surface area contributed by atoms with Gasteiger partial charge in [-0.25, -0.2) is 0 Å². The van der Waals surface area contributed by atoms with Crippen molar-refractivity contribution in [1.82, 2.24) is 0 Å². The van der Waals surface area contributed by atoms with Crippen molar-refractivity contribution in [1.29, 1.82) is 0 Å². The third-order valence-electron chi connectivity index (χ3n) is 7.46. The third kappa shape index (κ3) is 5.89. The fraction of sp³-hybridized carbons (Fsp3) is 0.194. The third-order valence-corrected chi connectivity index (χ3v) is 7.46. The maximum absolute atomic E-state index is 13.6. The number of allylic oxidation sites excluding steroid dienone is 2. The second-order valence-electron chi connectivity index (χ2n) is 11.1. The molecule has 0 heterocycles. The summed E-state index contributed by atoms with van der Waals surface area (Å²) in [5.74, 6) is 0.592. The highest BCUT2D eigenvalue weighted by Gasteiger charge is 2.34. The van der Waals surface area contributed by atoms with Gasteiger partial charge in [-0.15, -0.1) is 0 Å². The second-order valence-corrected chi connectivity index (χ2v) is 11.1. The van der Waals surface area contributed by atoms with E-state index in [9.17, 15) is 4.79 Å². The summed E-state index contributed by atoms with van der Waals surface area (Å²) >= 11 is 0. The minimum Gasteiger partial charge on any atom is -0.289 e. The van der Waals surface area contributed by atoms with E-state index >= 15 is 0 Å². The van der Waals surface area contributed by atoms with Crippen LogP contribution in [0.2, 0.25) is 0 Å². The average molecular weight is 483 g/mol. The van der Waals surface area contributed by atoms with Crippen molar-refractivity contribution in [2.24, 2.45) is 11.3 Å². The molecule has 0 unspecified atom stereocenters. The van der Waals surface area contributed by atoms with Gasteiger partial charge in [0.05, 0.1) is 0 Å². The van der Waals surface area contributed by atoms with Crippen LogP contribution in [0, 0.1) is 11.3 Å². The van der Waals surface area contributed by atoms with Crippen molar-refractivity contribution in [3.8, 4) is 22.3 Å². The number of ketones is 1. The van der Waals surface area contributed by atoms with E-state index in [1.54, 1.807) is 0 Å². The van der Waals surface area contributed by atoms with Crippen LogP contribution in [0.25, 0.3) is 34.4 Å². The van der Waals surface area contributed by atoms with Crippen molar-refractivity contribution >= 4 is 17.9 Å². The van der Waals surface area contributed by atoms with Crippen LogP contribution in [0.4, 0.5) is 0 Å². The van der Waals surface area contributed by atoms with Crippen LogP contribution in [0.5, 0.6) is 0 Å². The first kappa shape index (κ1) is 24.7. The Labute approximate surface area is 221 Å². The Morgan fingerprint density at radius 3 is 1.24 bits per heavy atom. The number of Topliss-reactive ketones (excluding diaryl/α,β-unsaturated/α-hetero) is 1. The molecular formula is C36H34O. The Hall–Kier alpha value is -3.97. The van der Waals surface area contributed by atoms with Crippen molar-refractivity contribution < 1.29 is 4.79 Å². The SMILES string of the molecule is CC(C)(C)C1CC(=Cc2ccc(-c3ccccc3)cc2)C(=O)C(=Cc2ccc(-c3ccccc3)cc2)C1. The maximum atomic E-state index is 13.6. The Balaban J connectivity index is 1.43. The number of benzene rings is 4. The molecule has 1 heteroatoms. The standard InChI is InChI=1S/C36H34O/c1-36(2,3)34-24-32(22-26-14-18-30(19-15-26)28-10-6-4-7-11-28)35(37)33(25-34)23-27-16-20-31(21-17-27)29-12-8-5-9-13-29/h4-23,34H,24-25H2,1-3H3. The Morgan fingerprint density at radius 2 is 0.892 bits per heavy atom. The maximum Gasteiger partial charge on any atom is 0.185 e. The normalized spacial score (nSPS) is 18.4. The van der Waals surface area contributed by atoms with Crippen LogP contribution >= 0.6 is 0 Å². The summed E-state index contributed by atoms with van der Waals surface area (Å²) in [6.45, 7) is 6.85. The molecule has 4 aromatic rings. The molecule has 0 atom stereocenters. The molecule has 0 aliphatic heterocycles. The van der Waals surface area contributed by atoms with Gasteiger partial charge < -0.3 is 0 Å². The van der Waals surface area contributed by atoms with Crippen LogP contribution in [-0.2, 0) is 4.79 Å². The predicted molar refractivity (Wildman–Crippen MR) is 157 cm³/mol. The first-order valence-corrected chi connectivity index (χ1v) is 13.1. The van der Waals surface area contributed by atoms with Crippen LogP contribution in [0.15, 0.2) is 120 Å². The fourth-order valence-corrected chi connectivity index (χ4v) is 5.06. The van der Waals surface area contributed by atoms with Crippen LogP contribution < -0.4 is 0 Å². The van der Waals surface area contributed by atoms with Gasteiger partial charge in [-0.2, -0.15) is 0 Å². The molecule has 0 saturated heterocycles. The minimum atomic E-state index is 0.118. The molecule has 0 bridgehead atoms. The van der Waals surface area contributed by atoms with Gasteiger partial charge in [-0.05, 0) is 69.7 Å². The summed E-state index contributed by atoms with van der Waals surface area (Å²) in [6.07, 6.45) is 5.82. The summed E-state index contributed by atoms with van der Waals surface area (Å²) < 4.78 is 0. The lowest BCUT2D eigenvalue weighted by molar-refractivity contribution is -0.113. The number of hydrogen-bond donors (Lipinski definition) is 0. The van der Waals surface area contributed by atoms with Gasteiger partial charge in [0.15, 0.2) is 5.78 Å². The Kier molecular flexibility index (Phi) is 7.06. The molecule has 1 aliphatic rings. The number of carbonyl (C=O) groups excluding carboxylic acids is 1. The second kappa shape index (κ2) is 10.6. The lowest BCUT2D eigenvalue weighted by Gasteiger charge is -2.35. The first-order chi connectivity index (χ1) is 17.9. The number of hydrogen-bond acceptors (Lipinski definition) is 1. The molecule has 1 saturated carbocycles. The van der Waals surface area contributed by atoms with Crippen LogP contribution in [-0.4, -0.2) is 5.78 Å². The summed E-state index contributed by atoms with van der Waals surface area (Å²) in [7, 11) is 0. The van der Waals surface area contributed by atoms with E-state index in [4.69, 9.17) is 0 Å². The van der Waals surface area contributed by atoms with E-state index in [2.05, 4.69) is 130 Å². The number of carbonyl (C=O) groups is 1. The molecular weight excluding hydrogens is 448 g/mol. The van der Waals surface area contributed by atoms with Crippen molar-refractivity contribution in [3.05, 3.63) is 131 Å². The van der Waals surface area contributed by atoms with Crippen molar-refractivity contribution in [3.63, 3.8) is 0 Å². The molecule has 184 valence electrons. The Morgan fingerprint density at radius 1 is 0.541 bits per heavy atom. The van der Waals surface area contributed by atoms with Gasteiger partial charge in [0.2, 0.25) is 0 Å². The molecule has 37 heavy (non-hydrogen) atoms. The summed E-state index contributed by atoms with van der Waals surface area (Å²) in [4.78, 5) is 13.6. The van der Waals surface area contributed by atoms with E-state index in [1.807, 2.05) is 12.1 Å². The zero-order chi connectivity index (χ0) is 25.8. The van der Waals surface area contributed by atoms with Gasteiger partial charge >= 0.3 is 0 Å². The van der Waals surface area contributed by atoms with E-state index in [-0.39, 0.29) is 11.2 Å². The van der Waals surface area contributed by atoms with Crippen molar-refractivity contribution in [2.75, 3.05) is 0 Å². The van der Waals surface area contributed by atoms with E-state index in [1.165, 1.54) is 22.3 Å². The van der Waals surface area contributed by atoms with E-state index < -0.39 is 0 Å². The topological polar surface area (TPSA) is 17.1 Å². The monoisotopic (exact) mass is 482 g/mol. The quantitative estimate of drug-likeness (QED) is 0.265. The largest absolute Gasteiger partial charge is 0.289 e.